The molecule has 0 aromatic heterocycles. The molecule has 1 rings (SSSR count). The molecule has 11 heavy (non-hydrogen) atoms. The molecule has 1 aliphatic rings. The first kappa shape index (κ1) is 7.96. The number of imide groups is 1. The number of urea groups is 1. The van der Waals surface area contributed by atoms with Crippen LogP contribution in [0.1, 0.15) is 0 Å². The average molecular weight is 158 g/mol. The molecule has 3 amide bonds. The van der Waals surface area contributed by atoms with Crippen LogP contribution in [0.25, 0.3) is 0 Å². The van der Waals surface area contributed by atoms with E-state index in [-0.39, 0.29) is 0 Å². The number of rotatable bonds is 0. The van der Waals surface area contributed by atoms with E-state index in [1.807, 2.05) is 0 Å². The molecule has 2 atom stereocenters. The monoisotopic (exact) mass is 158 g/mol. The van der Waals surface area contributed by atoms with Crippen LogP contribution in [0.15, 0.2) is 0 Å². The highest BCUT2D eigenvalue weighted by atomic mass is 16.2. The summed E-state index contributed by atoms with van der Waals surface area (Å²) in [7, 11) is 1.35. The second-order valence-electron chi connectivity index (χ2n) is 2.40. The summed E-state index contributed by atoms with van der Waals surface area (Å²) in [6.45, 7) is 0. The van der Waals surface area contributed by atoms with Gasteiger partial charge in [-0.3, -0.25) is 9.69 Å². The average Bonchev–Trinajstić information content (AvgIpc) is 1.97. The lowest BCUT2D eigenvalue weighted by Gasteiger charge is -2.30. The second kappa shape index (κ2) is 2.48. The van der Waals surface area contributed by atoms with Crippen LogP contribution in [0.5, 0.6) is 0 Å². The Morgan fingerprint density at radius 3 is 2.55 bits per heavy atom. The predicted molar refractivity (Wildman–Crippen MR) is 37.3 cm³/mol. The van der Waals surface area contributed by atoms with Gasteiger partial charge in [-0.1, -0.05) is 0 Å². The first-order valence-electron chi connectivity index (χ1n) is 3.13. The van der Waals surface area contributed by atoms with E-state index in [2.05, 4.69) is 5.32 Å². The highest BCUT2D eigenvalue weighted by Crippen LogP contribution is 1.99. The summed E-state index contributed by atoms with van der Waals surface area (Å²) in [5.74, 6) is -0.457. The van der Waals surface area contributed by atoms with Gasteiger partial charge in [-0.05, 0) is 0 Å². The van der Waals surface area contributed by atoms with E-state index in [1.54, 1.807) is 0 Å². The summed E-state index contributed by atoms with van der Waals surface area (Å²) in [6, 6.07) is -1.35. The Bertz CT molecular complexity index is 205. The molecule has 6 heteroatoms. The molecule has 0 bridgehead atoms. The zero-order valence-corrected chi connectivity index (χ0v) is 6.07. The summed E-state index contributed by atoms with van der Waals surface area (Å²) < 4.78 is 0. The molecular weight excluding hydrogens is 148 g/mol. The van der Waals surface area contributed by atoms with Crippen molar-refractivity contribution in [3.8, 4) is 0 Å². The number of carbonyl (C=O) groups excluding carboxylic acids is 2. The van der Waals surface area contributed by atoms with Gasteiger partial charge in [0.2, 0.25) is 0 Å². The maximum Gasteiger partial charge on any atom is 0.325 e. The number of hydrogen-bond donors (Lipinski definition) is 3. The smallest absolute Gasteiger partial charge is 0.320 e. The maximum atomic E-state index is 11.0. The lowest BCUT2D eigenvalue weighted by molar-refractivity contribution is -0.130. The molecule has 6 nitrogen and oxygen atoms in total. The Labute approximate surface area is 63.5 Å². The van der Waals surface area contributed by atoms with Gasteiger partial charge in [-0.2, -0.15) is 0 Å². The number of carbonyl (C=O) groups is 2. The molecule has 0 saturated carbocycles. The molecular formula is C5H10N4O2. The van der Waals surface area contributed by atoms with Gasteiger partial charge in [0.15, 0.2) is 0 Å². The fraction of sp³-hybridized carbons (Fsp3) is 0.600. The van der Waals surface area contributed by atoms with Crippen LogP contribution in [-0.4, -0.2) is 36.1 Å². The van der Waals surface area contributed by atoms with Gasteiger partial charge in [-0.15, -0.1) is 0 Å². The largest absolute Gasteiger partial charge is 0.325 e. The molecule has 0 spiro atoms. The molecule has 62 valence electrons. The molecule has 0 aliphatic carbocycles. The Morgan fingerprint density at radius 1 is 1.45 bits per heavy atom. The van der Waals surface area contributed by atoms with Crippen LogP contribution in [-0.2, 0) is 4.79 Å². The van der Waals surface area contributed by atoms with E-state index in [0.29, 0.717) is 0 Å². The zero-order valence-electron chi connectivity index (χ0n) is 6.07. The fourth-order valence-corrected chi connectivity index (χ4v) is 0.806. The van der Waals surface area contributed by atoms with E-state index in [0.717, 1.165) is 4.90 Å². The molecule has 0 aromatic rings. The SMILES string of the molecule is CN1C(=O)NC(N)C(N)C1=O. The van der Waals surface area contributed by atoms with E-state index in [4.69, 9.17) is 11.5 Å². The third kappa shape index (κ3) is 1.17. The van der Waals surface area contributed by atoms with Crippen molar-refractivity contribution in [3.63, 3.8) is 0 Å². The van der Waals surface area contributed by atoms with Crippen molar-refractivity contribution in [2.24, 2.45) is 11.5 Å². The standard InChI is InChI=1S/C5H10N4O2/c1-9-4(10)2(6)3(7)8-5(9)11/h2-3H,6-7H2,1H3,(H,8,11). The highest BCUT2D eigenvalue weighted by Gasteiger charge is 2.34. The second-order valence-corrected chi connectivity index (χ2v) is 2.40. The Balaban J connectivity index is 2.79. The lowest BCUT2D eigenvalue weighted by atomic mass is 10.2. The molecule has 2 unspecified atom stereocenters. The Hall–Kier alpha value is -1.14. The molecule has 1 fully saturated rings. The first-order valence-corrected chi connectivity index (χ1v) is 3.13. The Morgan fingerprint density at radius 2 is 2.00 bits per heavy atom. The van der Waals surface area contributed by atoms with E-state index < -0.39 is 24.1 Å². The van der Waals surface area contributed by atoms with Crippen LogP contribution in [0.4, 0.5) is 4.79 Å². The normalized spacial score (nSPS) is 32.1. The van der Waals surface area contributed by atoms with Crippen molar-refractivity contribution >= 4 is 11.9 Å². The fourth-order valence-electron chi connectivity index (χ4n) is 0.806. The summed E-state index contributed by atoms with van der Waals surface area (Å²) in [5.41, 5.74) is 10.7. The molecule has 5 N–H and O–H groups in total. The lowest BCUT2D eigenvalue weighted by Crippen LogP contribution is -2.67. The van der Waals surface area contributed by atoms with Crippen LogP contribution < -0.4 is 16.8 Å². The number of amides is 3. The summed E-state index contributed by atoms with van der Waals surface area (Å²) in [4.78, 5) is 22.7. The van der Waals surface area contributed by atoms with Crippen LogP contribution >= 0.6 is 0 Å². The maximum absolute atomic E-state index is 11.0. The van der Waals surface area contributed by atoms with Gasteiger partial charge in [0.1, 0.15) is 12.2 Å². The molecule has 1 saturated heterocycles. The number of hydrogen-bond acceptors (Lipinski definition) is 4. The van der Waals surface area contributed by atoms with Gasteiger partial charge < -0.3 is 16.8 Å². The summed E-state index contributed by atoms with van der Waals surface area (Å²) >= 11 is 0. The third-order valence-electron chi connectivity index (χ3n) is 1.60. The van der Waals surface area contributed by atoms with Gasteiger partial charge in [0.25, 0.3) is 5.91 Å². The van der Waals surface area contributed by atoms with Crippen molar-refractivity contribution < 1.29 is 9.59 Å². The highest BCUT2D eigenvalue weighted by molar-refractivity contribution is 5.99. The third-order valence-corrected chi connectivity index (χ3v) is 1.60. The van der Waals surface area contributed by atoms with Crippen molar-refractivity contribution in [3.05, 3.63) is 0 Å². The van der Waals surface area contributed by atoms with E-state index >= 15 is 0 Å². The quantitative estimate of drug-likeness (QED) is 0.371. The van der Waals surface area contributed by atoms with Crippen molar-refractivity contribution in [1.29, 1.82) is 0 Å². The van der Waals surface area contributed by atoms with Crippen molar-refractivity contribution in [2.45, 2.75) is 12.2 Å². The number of likely N-dealkylation sites (N-methyl/N-ethyl adjacent to an activating group) is 1. The van der Waals surface area contributed by atoms with Gasteiger partial charge in [0.05, 0.1) is 0 Å². The van der Waals surface area contributed by atoms with Gasteiger partial charge >= 0.3 is 6.03 Å². The minimum Gasteiger partial charge on any atom is -0.320 e. The molecule has 1 heterocycles. The summed E-state index contributed by atoms with van der Waals surface area (Å²) in [6.07, 6.45) is -0.772. The Kier molecular flexibility index (Phi) is 1.79. The minimum absolute atomic E-state index is 0.457. The molecule has 1 aliphatic heterocycles. The van der Waals surface area contributed by atoms with Crippen molar-refractivity contribution in [2.75, 3.05) is 7.05 Å². The summed E-state index contributed by atoms with van der Waals surface area (Å²) in [5, 5.41) is 2.33. The number of nitrogens with zero attached hydrogens (tertiary/aromatic N) is 1. The molecule has 0 aromatic carbocycles. The number of nitrogens with two attached hydrogens (primary N) is 2. The zero-order chi connectivity index (χ0) is 8.59. The van der Waals surface area contributed by atoms with Crippen LogP contribution in [0.3, 0.4) is 0 Å². The topological polar surface area (TPSA) is 101 Å². The molecule has 0 radical (unpaired) electrons. The van der Waals surface area contributed by atoms with Crippen molar-refractivity contribution in [1.82, 2.24) is 10.2 Å². The van der Waals surface area contributed by atoms with E-state index in [1.165, 1.54) is 7.05 Å². The van der Waals surface area contributed by atoms with Crippen LogP contribution in [0.2, 0.25) is 0 Å². The van der Waals surface area contributed by atoms with Crippen LogP contribution in [0, 0.1) is 0 Å². The number of nitrogens with one attached hydrogen (secondary N) is 1. The predicted octanol–water partition coefficient (Wildman–Crippen LogP) is -2.22. The first-order chi connectivity index (χ1) is 5.04. The van der Waals surface area contributed by atoms with E-state index in [9.17, 15) is 9.59 Å². The van der Waals surface area contributed by atoms with Gasteiger partial charge in [0, 0.05) is 7.05 Å². The van der Waals surface area contributed by atoms with Gasteiger partial charge in [-0.25, -0.2) is 4.79 Å². The minimum atomic E-state index is -0.835.